The Morgan fingerprint density at radius 2 is 2.02 bits per heavy atom. The molecule has 0 unspecified atom stereocenters. The van der Waals surface area contributed by atoms with Crippen LogP contribution in [-0.2, 0) is 15.7 Å². The highest BCUT2D eigenvalue weighted by atomic mass is 79.9. The molecule has 4 aliphatic rings. The lowest BCUT2D eigenvalue weighted by Gasteiger charge is -2.55. The van der Waals surface area contributed by atoms with Gasteiger partial charge in [-0.05, 0) is 31.5 Å². The summed E-state index contributed by atoms with van der Waals surface area (Å²) in [5.74, 6) is -1.02. The van der Waals surface area contributed by atoms with Gasteiger partial charge in [0.2, 0.25) is 5.91 Å². The van der Waals surface area contributed by atoms with Crippen LogP contribution in [0.4, 0.5) is 27.8 Å². The van der Waals surface area contributed by atoms with Crippen molar-refractivity contribution in [3.8, 4) is 17.3 Å². The molecule has 1 spiro atoms. The normalized spacial score (nSPS) is 24.1. The smallest absolute Gasteiger partial charge is 0.418 e. The summed E-state index contributed by atoms with van der Waals surface area (Å²) < 4.78 is 85.0. The molecular weight excluding hydrogens is 727 g/mol. The van der Waals surface area contributed by atoms with Crippen LogP contribution in [0.5, 0.6) is 6.01 Å². The predicted molar refractivity (Wildman–Crippen MR) is 172 cm³/mol. The van der Waals surface area contributed by atoms with Gasteiger partial charge in [-0.2, -0.15) is 23.1 Å². The minimum absolute atomic E-state index is 0.0599. The van der Waals surface area contributed by atoms with Gasteiger partial charge in [0.05, 0.1) is 34.7 Å². The highest BCUT2D eigenvalue weighted by molar-refractivity contribution is 9.09. The van der Waals surface area contributed by atoms with E-state index in [4.69, 9.17) is 21.1 Å². The average molecular weight is 758 g/mol. The largest absolute Gasteiger partial charge is 0.461 e. The average Bonchev–Trinajstić information content (AvgIpc) is 3.56. The number of rotatable bonds is 7. The van der Waals surface area contributed by atoms with Crippen molar-refractivity contribution < 1.29 is 36.2 Å². The second-order valence-corrected chi connectivity index (χ2v) is 13.8. The van der Waals surface area contributed by atoms with Gasteiger partial charge in [-0.3, -0.25) is 14.7 Å². The minimum atomic E-state index is -4.89. The number of alkyl halides is 5. The fraction of sp³-hybridized carbons (Fsp3) is 0.500. The van der Waals surface area contributed by atoms with Crippen molar-refractivity contribution in [2.45, 2.75) is 42.7 Å². The van der Waals surface area contributed by atoms with Crippen LogP contribution in [0.3, 0.4) is 0 Å². The Morgan fingerprint density at radius 3 is 2.75 bits per heavy atom. The van der Waals surface area contributed by atoms with E-state index in [1.165, 1.54) is 18.3 Å². The van der Waals surface area contributed by atoms with Gasteiger partial charge in [-0.25, -0.2) is 8.78 Å². The Kier molecular flexibility index (Phi) is 8.78. The monoisotopic (exact) mass is 756 g/mol. The van der Waals surface area contributed by atoms with Crippen molar-refractivity contribution in [3.63, 3.8) is 0 Å². The number of benzene rings is 1. The number of carbonyl (C=O) groups excluding carboxylic acids is 1. The maximum absolute atomic E-state index is 16.5. The van der Waals surface area contributed by atoms with E-state index in [2.05, 4.69) is 35.8 Å². The Bertz CT molecular complexity index is 1780. The number of pyridine rings is 1. The molecule has 0 saturated carbocycles. The molecule has 16 heteroatoms. The molecule has 48 heavy (non-hydrogen) atoms. The first-order chi connectivity index (χ1) is 22.9. The van der Waals surface area contributed by atoms with Gasteiger partial charge in [0.1, 0.15) is 35.3 Å². The maximum Gasteiger partial charge on any atom is 0.418 e. The Balaban J connectivity index is 1.31. The molecule has 4 fully saturated rings. The van der Waals surface area contributed by atoms with Crippen molar-refractivity contribution in [1.29, 1.82) is 0 Å². The van der Waals surface area contributed by atoms with Gasteiger partial charge in [-0.15, -0.1) is 0 Å². The molecule has 2 atom stereocenters. The zero-order valence-electron chi connectivity index (χ0n) is 25.6. The summed E-state index contributed by atoms with van der Waals surface area (Å²) in [6.45, 7) is 2.53. The molecule has 7 rings (SSSR count). The van der Waals surface area contributed by atoms with E-state index in [-0.39, 0.29) is 61.4 Å². The van der Waals surface area contributed by atoms with E-state index in [0.29, 0.717) is 31.4 Å². The lowest BCUT2D eigenvalue weighted by molar-refractivity contribution is -0.164. The van der Waals surface area contributed by atoms with Gasteiger partial charge in [0, 0.05) is 49.7 Å². The quantitative estimate of drug-likeness (QED) is 0.169. The SMILES string of the molecule is O=C(/C=C/CBr)N1CCN(c2nc(OC[C@@]34CCCN3C[C@H](F)C4)nc3c(F)c(-c4cccc(Cl)c4C(F)(F)F)ncc23)CC12COC2. The summed E-state index contributed by atoms with van der Waals surface area (Å²) in [5.41, 5.74) is -3.85. The second kappa shape index (κ2) is 12.6. The van der Waals surface area contributed by atoms with Crippen LogP contribution in [0.1, 0.15) is 24.8 Å². The van der Waals surface area contributed by atoms with Crippen molar-refractivity contribution >= 4 is 50.2 Å². The maximum atomic E-state index is 16.5. The topological polar surface area (TPSA) is 83.9 Å². The predicted octanol–water partition coefficient (Wildman–Crippen LogP) is 5.83. The Hall–Kier alpha value is -3.14. The van der Waals surface area contributed by atoms with Crippen LogP contribution in [-0.4, -0.2) is 106 Å². The fourth-order valence-corrected chi connectivity index (χ4v) is 7.96. The number of aromatic nitrogens is 3. The molecule has 6 heterocycles. The molecular formula is C32H31BrClF5N6O3. The van der Waals surface area contributed by atoms with Gasteiger partial charge in [-0.1, -0.05) is 45.7 Å². The molecule has 2 aromatic heterocycles. The molecule has 1 amide bonds. The van der Waals surface area contributed by atoms with E-state index < -0.39 is 51.1 Å². The fourth-order valence-electron chi connectivity index (χ4n) is 7.49. The number of ether oxygens (including phenoxy) is 2. The lowest BCUT2D eigenvalue weighted by atomic mass is 9.91. The van der Waals surface area contributed by atoms with Crippen LogP contribution < -0.4 is 9.64 Å². The first-order valence-electron chi connectivity index (χ1n) is 15.6. The van der Waals surface area contributed by atoms with Gasteiger partial charge < -0.3 is 19.3 Å². The number of amides is 1. The summed E-state index contributed by atoms with van der Waals surface area (Å²) >= 11 is 9.24. The number of hydrogen-bond donors (Lipinski definition) is 0. The number of fused-ring (bicyclic) bond motifs is 2. The molecule has 1 aromatic carbocycles. The van der Waals surface area contributed by atoms with E-state index in [1.54, 1.807) is 11.0 Å². The number of hydrogen-bond acceptors (Lipinski definition) is 8. The van der Waals surface area contributed by atoms with Gasteiger partial charge in [0.25, 0.3) is 0 Å². The van der Waals surface area contributed by atoms with E-state index >= 15 is 4.39 Å². The molecule has 4 saturated heterocycles. The van der Waals surface area contributed by atoms with Crippen molar-refractivity contribution in [3.05, 3.63) is 53.0 Å². The number of piperazine rings is 1. The molecule has 0 radical (unpaired) electrons. The van der Waals surface area contributed by atoms with Crippen LogP contribution >= 0.6 is 27.5 Å². The van der Waals surface area contributed by atoms with E-state index in [9.17, 15) is 22.4 Å². The summed E-state index contributed by atoms with van der Waals surface area (Å²) in [7, 11) is 0. The van der Waals surface area contributed by atoms with Crippen molar-refractivity contribution in [1.82, 2.24) is 24.8 Å². The molecule has 0 bridgehead atoms. The number of carbonyl (C=O) groups is 1. The third kappa shape index (κ3) is 5.79. The zero-order chi connectivity index (χ0) is 33.8. The van der Waals surface area contributed by atoms with Gasteiger partial charge in [0.15, 0.2) is 5.82 Å². The lowest BCUT2D eigenvalue weighted by Crippen LogP contribution is -2.72. The third-order valence-electron chi connectivity index (χ3n) is 9.73. The number of anilines is 1. The van der Waals surface area contributed by atoms with Crippen LogP contribution in [0.2, 0.25) is 5.02 Å². The van der Waals surface area contributed by atoms with Gasteiger partial charge >= 0.3 is 12.2 Å². The van der Waals surface area contributed by atoms with E-state index in [1.807, 2.05) is 4.90 Å². The minimum Gasteiger partial charge on any atom is -0.461 e. The molecule has 256 valence electrons. The molecule has 3 aromatic rings. The summed E-state index contributed by atoms with van der Waals surface area (Å²) in [6.07, 6.45) is 0.445. The number of allylic oxidation sites excluding steroid dienone is 1. The third-order valence-corrected chi connectivity index (χ3v) is 10.4. The summed E-state index contributed by atoms with van der Waals surface area (Å²) in [6, 6.07) is 3.28. The molecule has 0 aliphatic carbocycles. The number of halogens is 7. The Morgan fingerprint density at radius 1 is 1.21 bits per heavy atom. The van der Waals surface area contributed by atoms with Crippen LogP contribution in [0.25, 0.3) is 22.2 Å². The van der Waals surface area contributed by atoms with Crippen LogP contribution in [0.15, 0.2) is 36.5 Å². The van der Waals surface area contributed by atoms with Crippen LogP contribution in [0, 0.1) is 5.82 Å². The van der Waals surface area contributed by atoms with Crippen molar-refractivity contribution in [2.75, 3.05) is 62.8 Å². The number of nitrogens with zero attached hydrogens (tertiary/aromatic N) is 6. The Labute approximate surface area is 286 Å². The zero-order valence-corrected chi connectivity index (χ0v) is 27.9. The first-order valence-corrected chi connectivity index (χ1v) is 17.1. The summed E-state index contributed by atoms with van der Waals surface area (Å²) in [4.78, 5) is 31.9. The first kappa shape index (κ1) is 33.4. The second-order valence-electron chi connectivity index (χ2n) is 12.7. The highest BCUT2D eigenvalue weighted by Crippen LogP contribution is 2.44. The summed E-state index contributed by atoms with van der Waals surface area (Å²) in [5, 5.41) is 0.0745. The van der Waals surface area contributed by atoms with Crippen molar-refractivity contribution in [2.24, 2.45) is 0 Å². The highest BCUT2D eigenvalue weighted by Gasteiger charge is 2.51. The van der Waals surface area contributed by atoms with E-state index in [0.717, 1.165) is 25.1 Å². The molecule has 4 aliphatic heterocycles. The molecule has 9 nitrogen and oxygen atoms in total. The standard InChI is InChI=1S/C32H31BrClF5N6O3/c33-8-2-6-23(46)45-11-10-43(15-31(45)16-47-17-31)28-21-13-40-26(20-4-1-5-22(34)24(20)32(37,38)39)25(36)27(21)41-29(42-28)48-18-30-7-3-9-44(30)14-19(35)12-30/h1-2,4-6,13,19H,3,7-12,14-18H2/b6-2+/t19-,30+/m1/s1. The molecule has 0 N–H and O–H groups in total.